The van der Waals surface area contributed by atoms with Gasteiger partial charge in [0.15, 0.2) is 0 Å². The largest absolute Gasteiger partial charge is 0.313 e. The number of nitrogens with one attached hydrogen (secondary N) is 1. The minimum absolute atomic E-state index is 0.342. The summed E-state index contributed by atoms with van der Waals surface area (Å²) in [6.07, 6.45) is 6.80. The van der Waals surface area contributed by atoms with Crippen LogP contribution in [0.4, 0.5) is 0 Å². The maximum atomic E-state index is 6.30. The van der Waals surface area contributed by atoms with Crippen LogP contribution in [-0.2, 0) is 0 Å². The lowest BCUT2D eigenvalue weighted by Gasteiger charge is -2.24. The molecule has 1 aliphatic carbocycles. The Bertz CT molecular complexity index is 402. The Kier molecular flexibility index (Phi) is 6.34. The van der Waals surface area contributed by atoms with E-state index in [9.17, 15) is 0 Å². The number of hydrogen-bond acceptors (Lipinski definition) is 2. The second kappa shape index (κ2) is 8.02. The van der Waals surface area contributed by atoms with Crippen molar-refractivity contribution < 1.29 is 0 Å². The molecule has 1 unspecified atom stereocenters. The number of hydrogen-bond donors (Lipinski definition) is 1. The van der Waals surface area contributed by atoms with Crippen molar-refractivity contribution >= 4 is 11.6 Å². The van der Waals surface area contributed by atoms with Crippen molar-refractivity contribution in [3.8, 4) is 0 Å². The lowest BCUT2D eigenvalue weighted by atomic mass is 10.0. The zero-order valence-corrected chi connectivity index (χ0v) is 13.5. The maximum Gasteiger partial charge on any atom is 0.0453 e. The molecule has 3 heteroatoms. The van der Waals surface area contributed by atoms with Gasteiger partial charge in [0, 0.05) is 17.6 Å². The first-order chi connectivity index (χ1) is 9.70. The molecule has 2 rings (SSSR count). The lowest BCUT2D eigenvalue weighted by Crippen LogP contribution is -2.29. The van der Waals surface area contributed by atoms with Crippen LogP contribution in [0.3, 0.4) is 0 Å². The predicted octanol–water partition coefficient (Wildman–Crippen LogP) is 4.11. The molecule has 0 aliphatic heterocycles. The minimum Gasteiger partial charge on any atom is -0.313 e. The van der Waals surface area contributed by atoms with Crippen molar-refractivity contribution in [2.75, 3.05) is 27.2 Å². The van der Waals surface area contributed by atoms with Gasteiger partial charge in [-0.3, -0.25) is 0 Å². The third-order valence-electron chi connectivity index (χ3n) is 4.47. The molecule has 2 nitrogen and oxygen atoms in total. The Morgan fingerprint density at radius 2 is 2.00 bits per heavy atom. The predicted molar refractivity (Wildman–Crippen MR) is 87.3 cm³/mol. The number of halogens is 1. The second-order valence-corrected chi connectivity index (χ2v) is 6.47. The van der Waals surface area contributed by atoms with Crippen LogP contribution in [0, 0.1) is 5.92 Å². The molecule has 1 aromatic carbocycles. The highest BCUT2D eigenvalue weighted by atomic mass is 35.5. The zero-order valence-electron chi connectivity index (χ0n) is 12.7. The Hall–Kier alpha value is -0.570. The summed E-state index contributed by atoms with van der Waals surface area (Å²) in [5.41, 5.74) is 1.21. The Morgan fingerprint density at radius 3 is 2.65 bits per heavy atom. The topological polar surface area (TPSA) is 15.3 Å². The van der Waals surface area contributed by atoms with Gasteiger partial charge >= 0.3 is 0 Å². The van der Waals surface area contributed by atoms with Crippen molar-refractivity contribution in [3.63, 3.8) is 0 Å². The van der Waals surface area contributed by atoms with Crippen LogP contribution in [0.1, 0.15) is 43.7 Å². The van der Waals surface area contributed by atoms with E-state index in [0.717, 1.165) is 23.9 Å². The summed E-state index contributed by atoms with van der Waals surface area (Å²) in [6.45, 7) is 2.37. The van der Waals surface area contributed by atoms with Crippen LogP contribution < -0.4 is 5.32 Å². The lowest BCUT2D eigenvalue weighted by molar-refractivity contribution is 0.264. The highest BCUT2D eigenvalue weighted by Crippen LogP contribution is 2.27. The Labute approximate surface area is 128 Å². The van der Waals surface area contributed by atoms with Crippen molar-refractivity contribution in [1.82, 2.24) is 10.2 Å². The van der Waals surface area contributed by atoms with Gasteiger partial charge in [0.05, 0.1) is 0 Å². The molecule has 0 saturated heterocycles. The van der Waals surface area contributed by atoms with Gasteiger partial charge in [0.25, 0.3) is 0 Å². The molecular weight excluding hydrogens is 268 g/mol. The van der Waals surface area contributed by atoms with Crippen LogP contribution in [-0.4, -0.2) is 32.1 Å². The molecule has 1 aliphatic rings. The summed E-state index contributed by atoms with van der Waals surface area (Å²) in [5.74, 6) is 0.924. The van der Waals surface area contributed by atoms with Gasteiger partial charge < -0.3 is 10.2 Å². The molecule has 1 fully saturated rings. The highest BCUT2D eigenvalue weighted by Gasteiger charge is 2.18. The van der Waals surface area contributed by atoms with E-state index in [-0.39, 0.29) is 0 Å². The summed E-state index contributed by atoms with van der Waals surface area (Å²) in [6, 6.07) is 8.50. The van der Waals surface area contributed by atoms with Crippen molar-refractivity contribution in [3.05, 3.63) is 34.9 Å². The molecule has 1 aromatic rings. The van der Waals surface area contributed by atoms with Crippen LogP contribution >= 0.6 is 11.6 Å². The smallest absolute Gasteiger partial charge is 0.0453 e. The van der Waals surface area contributed by atoms with Crippen molar-refractivity contribution in [1.29, 1.82) is 0 Å². The van der Waals surface area contributed by atoms with Gasteiger partial charge in [0.2, 0.25) is 0 Å². The van der Waals surface area contributed by atoms with E-state index in [1.807, 2.05) is 19.2 Å². The summed E-state index contributed by atoms with van der Waals surface area (Å²) in [5, 5.41) is 4.26. The van der Waals surface area contributed by atoms with Gasteiger partial charge in [-0.2, -0.15) is 0 Å². The number of rotatable bonds is 7. The Balaban J connectivity index is 1.82. The van der Waals surface area contributed by atoms with E-state index in [1.165, 1.54) is 37.8 Å². The standard InChI is InChI=1S/C17H27ClN2/c1-19-17(15-9-5-6-10-16(15)18)11-12-20(2)13-14-7-3-4-8-14/h5-6,9-10,14,17,19H,3-4,7-8,11-13H2,1-2H3. The molecule has 0 bridgehead atoms. The summed E-state index contributed by atoms with van der Waals surface area (Å²) in [4.78, 5) is 2.48. The van der Waals surface area contributed by atoms with Crippen LogP contribution in [0.5, 0.6) is 0 Å². The van der Waals surface area contributed by atoms with Crippen LogP contribution in [0.2, 0.25) is 5.02 Å². The molecule has 0 spiro atoms. The first-order valence-corrected chi connectivity index (χ1v) is 8.18. The fourth-order valence-electron chi connectivity index (χ4n) is 3.29. The fourth-order valence-corrected chi connectivity index (χ4v) is 3.55. The molecule has 0 amide bonds. The summed E-state index contributed by atoms with van der Waals surface area (Å²) in [7, 11) is 4.27. The molecule has 20 heavy (non-hydrogen) atoms. The zero-order chi connectivity index (χ0) is 14.4. The van der Waals surface area contributed by atoms with E-state index in [4.69, 9.17) is 11.6 Å². The third-order valence-corrected chi connectivity index (χ3v) is 4.82. The average molecular weight is 295 g/mol. The van der Waals surface area contributed by atoms with Crippen molar-refractivity contribution in [2.24, 2.45) is 5.92 Å². The summed E-state index contributed by atoms with van der Waals surface area (Å²) >= 11 is 6.30. The molecule has 0 aromatic heterocycles. The molecule has 1 atom stereocenters. The Morgan fingerprint density at radius 1 is 1.30 bits per heavy atom. The van der Waals surface area contributed by atoms with Gasteiger partial charge in [-0.1, -0.05) is 42.6 Å². The molecule has 1 N–H and O–H groups in total. The molecule has 1 saturated carbocycles. The first-order valence-electron chi connectivity index (χ1n) is 7.81. The van der Waals surface area contributed by atoms with E-state index >= 15 is 0 Å². The van der Waals surface area contributed by atoms with Gasteiger partial charge in [-0.15, -0.1) is 0 Å². The number of nitrogens with zero attached hydrogens (tertiary/aromatic N) is 1. The molecule has 112 valence electrons. The summed E-state index contributed by atoms with van der Waals surface area (Å²) < 4.78 is 0. The quantitative estimate of drug-likeness (QED) is 0.814. The average Bonchev–Trinajstić information content (AvgIpc) is 2.94. The highest BCUT2D eigenvalue weighted by molar-refractivity contribution is 6.31. The molecule has 0 radical (unpaired) electrons. The minimum atomic E-state index is 0.342. The van der Waals surface area contributed by atoms with Gasteiger partial charge in [-0.05, 0) is 57.5 Å². The van der Waals surface area contributed by atoms with E-state index in [1.54, 1.807) is 0 Å². The fraction of sp³-hybridized carbons (Fsp3) is 0.647. The van der Waals surface area contributed by atoms with E-state index < -0.39 is 0 Å². The van der Waals surface area contributed by atoms with Crippen molar-refractivity contribution in [2.45, 2.75) is 38.1 Å². The molecular formula is C17H27ClN2. The SMILES string of the molecule is CNC(CCN(C)CC1CCCC1)c1ccccc1Cl. The monoisotopic (exact) mass is 294 g/mol. The van der Waals surface area contributed by atoms with Gasteiger partial charge in [0.1, 0.15) is 0 Å². The second-order valence-electron chi connectivity index (χ2n) is 6.06. The maximum absolute atomic E-state index is 6.30. The number of benzene rings is 1. The van der Waals surface area contributed by atoms with E-state index in [2.05, 4.69) is 29.4 Å². The molecule has 0 heterocycles. The van der Waals surface area contributed by atoms with Gasteiger partial charge in [-0.25, -0.2) is 0 Å². The normalized spacial score (nSPS) is 17.8. The van der Waals surface area contributed by atoms with E-state index in [0.29, 0.717) is 6.04 Å². The third kappa shape index (κ3) is 4.47. The van der Waals surface area contributed by atoms with Crippen LogP contribution in [0.15, 0.2) is 24.3 Å². The first kappa shape index (κ1) is 15.8. The van der Waals surface area contributed by atoms with Crippen LogP contribution in [0.25, 0.3) is 0 Å².